The first kappa shape index (κ1) is 17.3. The number of piperazine rings is 1. The van der Waals surface area contributed by atoms with Crippen molar-refractivity contribution in [2.45, 2.75) is 6.92 Å². The Labute approximate surface area is 139 Å². The van der Waals surface area contributed by atoms with E-state index in [4.69, 9.17) is 4.42 Å². The highest BCUT2D eigenvalue weighted by atomic mass is 35.5. The third kappa shape index (κ3) is 3.18. The van der Waals surface area contributed by atoms with Gasteiger partial charge >= 0.3 is 5.97 Å². The van der Waals surface area contributed by atoms with E-state index in [9.17, 15) is 14.7 Å². The fraction of sp³-hybridized carbons (Fsp3) is 0.375. The Morgan fingerprint density at radius 3 is 2.48 bits per heavy atom. The van der Waals surface area contributed by atoms with E-state index in [-0.39, 0.29) is 29.3 Å². The third-order valence-electron chi connectivity index (χ3n) is 4.04. The van der Waals surface area contributed by atoms with Crippen molar-refractivity contribution in [3.05, 3.63) is 39.7 Å². The van der Waals surface area contributed by atoms with Crippen LogP contribution in [0.2, 0.25) is 0 Å². The second kappa shape index (κ2) is 6.60. The fourth-order valence-corrected chi connectivity index (χ4v) is 2.76. The Hall–Kier alpha value is -2.05. The van der Waals surface area contributed by atoms with Gasteiger partial charge in [-0.2, -0.15) is 0 Å². The molecule has 2 heterocycles. The number of nitrogens with zero attached hydrogens (tertiary/aromatic N) is 2. The van der Waals surface area contributed by atoms with E-state index in [0.717, 1.165) is 18.7 Å². The molecule has 3 rings (SSSR count). The van der Waals surface area contributed by atoms with Crippen molar-refractivity contribution in [3.63, 3.8) is 0 Å². The van der Waals surface area contributed by atoms with E-state index in [1.54, 1.807) is 18.2 Å². The smallest absolute Gasteiger partial charge is 0.374 e. The molecule has 0 saturated carbocycles. The van der Waals surface area contributed by atoms with Gasteiger partial charge in [-0.15, -0.1) is 12.4 Å². The van der Waals surface area contributed by atoms with E-state index in [0.29, 0.717) is 24.1 Å². The maximum absolute atomic E-state index is 12.8. The minimum absolute atomic E-state index is 0. The van der Waals surface area contributed by atoms with Crippen LogP contribution >= 0.6 is 12.4 Å². The number of likely N-dealkylation sites (N-methyl/N-ethyl adjacent to an activating group) is 1. The molecule has 1 aliphatic heterocycles. The number of benzene rings is 1. The van der Waals surface area contributed by atoms with Gasteiger partial charge in [0.15, 0.2) is 0 Å². The molecule has 0 unspecified atom stereocenters. The van der Waals surface area contributed by atoms with Crippen molar-refractivity contribution in [3.8, 4) is 0 Å². The molecule has 1 aliphatic rings. The SMILES string of the molecule is Cc1ccc2oc(C(=O)O)c(N3CCN(C)CC3)c(=O)c2c1.Cl. The molecule has 1 fully saturated rings. The number of aromatic carboxylic acids is 1. The molecular weight excluding hydrogens is 320 g/mol. The number of hydrogen-bond donors (Lipinski definition) is 1. The second-order valence-electron chi connectivity index (χ2n) is 5.70. The van der Waals surface area contributed by atoms with E-state index in [1.807, 2.05) is 18.9 Å². The summed E-state index contributed by atoms with van der Waals surface area (Å²) in [7, 11) is 2.00. The van der Waals surface area contributed by atoms with Crippen LogP contribution in [0.5, 0.6) is 0 Å². The number of aryl methyl sites for hydroxylation is 1. The van der Waals surface area contributed by atoms with Crippen molar-refractivity contribution in [1.29, 1.82) is 0 Å². The molecule has 0 radical (unpaired) electrons. The molecule has 0 aliphatic carbocycles. The molecule has 6 nitrogen and oxygen atoms in total. The summed E-state index contributed by atoms with van der Waals surface area (Å²) in [5.41, 5.74) is 1.14. The second-order valence-corrected chi connectivity index (χ2v) is 5.70. The van der Waals surface area contributed by atoms with Gasteiger partial charge in [0.25, 0.3) is 0 Å². The highest BCUT2D eigenvalue weighted by Crippen LogP contribution is 2.24. The summed E-state index contributed by atoms with van der Waals surface area (Å²) >= 11 is 0. The minimum atomic E-state index is -1.21. The predicted octanol–water partition coefficient (Wildman–Crippen LogP) is 1.97. The monoisotopic (exact) mass is 338 g/mol. The average molecular weight is 339 g/mol. The number of rotatable bonds is 2. The predicted molar refractivity (Wildman–Crippen MR) is 91.1 cm³/mol. The topological polar surface area (TPSA) is 74.0 Å². The van der Waals surface area contributed by atoms with Crippen molar-refractivity contribution in [2.75, 3.05) is 38.1 Å². The molecule has 1 aromatic carbocycles. The molecule has 0 bridgehead atoms. The van der Waals surface area contributed by atoms with E-state index < -0.39 is 5.97 Å². The van der Waals surface area contributed by atoms with E-state index >= 15 is 0 Å². The summed E-state index contributed by atoms with van der Waals surface area (Å²) in [5, 5.41) is 9.85. The van der Waals surface area contributed by atoms with Crippen LogP contribution in [0.4, 0.5) is 5.69 Å². The minimum Gasteiger partial charge on any atom is -0.475 e. The maximum atomic E-state index is 12.8. The Bertz CT molecular complexity index is 795. The summed E-state index contributed by atoms with van der Waals surface area (Å²) in [4.78, 5) is 28.3. The van der Waals surface area contributed by atoms with Gasteiger partial charge in [0.2, 0.25) is 11.2 Å². The molecule has 1 saturated heterocycles. The van der Waals surface area contributed by atoms with Crippen LogP contribution in [0.15, 0.2) is 27.4 Å². The lowest BCUT2D eigenvalue weighted by molar-refractivity contribution is 0.0664. The first-order valence-electron chi connectivity index (χ1n) is 7.21. The average Bonchev–Trinajstić information content (AvgIpc) is 2.49. The Kier molecular flexibility index (Phi) is 4.97. The molecule has 124 valence electrons. The number of hydrogen-bond acceptors (Lipinski definition) is 5. The molecule has 0 atom stereocenters. The van der Waals surface area contributed by atoms with Gasteiger partial charge in [-0.3, -0.25) is 4.79 Å². The number of carbonyl (C=O) groups is 1. The summed E-state index contributed by atoms with van der Waals surface area (Å²) < 4.78 is 5.52. The van der Waals surface area contributed by atoms with Crippen molar-refractivity contribution in [2.24, 2.45) is 0 Å². The highest BCUT2D eigenvalue weighted by Gasteiger charge is 2.26. The number of anilines is 1. The Morgan fingerprint density at radius 2 is 1.87 bits per heavy atom. The van der Waals surface area contributed by atoms with Crippen LogP contribution in [0, 0.1) is 6.92 Å². The van der Waals surface area contributed by atoms with E-state index in [2.05, 4.69) is 4.90 Å². The summed E-state index contributed by atoms with van der Waals surface area (Å²) in [6.07, 6.45) is 0. The van der Waals surface area contributed by atoms with Gasteiger partial charge in [0.05, 0.1) is 5.39 Å². The zero-order chi connectivity index (χ0) is 15.9. The van der Waals surface area contributed by atoms with Crippen LogP contribution in [0.1, 0.15) is 16.1 Å². The normalized spacial score (nSPS) is 15.5. The van der Waals surface area contributed by atoms with Gasteiger partial charge < -0.3 is 19.3 Å². The largest absolute Gasteiger partial charge is 0.475 e. The summed E-state index contributed by atoms with van der Waals surface area (Å²) in [6, 6.07) is 5.19. The molecular formula is C16H19ClN2O4. The van der Waals surface area contributed by atoms with Gasteiger partial charge in [-0.05, 0) is 26.1 Å². The zero-order valence-corrected chi connectivity index (χ0v) is 13.9. The summed E-state index contributed by atoms with van der Waals surface area (Å²) in [6.45, 7) is 4.67. The van der Waals surface area contributed by atoms with Gasteiger partial charge in [0, 0.05) is 26.2 Å². The molecule has 0 spiro atoms. The Morgan fingerprint density at radius 1 is 1.22 bits per heavy atom. The van der Waals surface area contributed by atoms with Crippen LogP contribution in [-0.2, 0) is 0 Å². The molecule has 7 heteroatoms. The van der Waals surface area contributed by atoms with Crippen molar-refractivity contribution in [1.82, 2.24) is 4.90 Å². The van der Waals surface area contributed by atoms with Crippen LogP contribution in [0.25, 0.3) is 11.0 Å². The fourth-order valence-electron chi connectivity index (χ4n) is 2.76. The standard InChI is InChI=1S/C16H18N2O4.ClH/c1-10-3-4-12-11(9-10)14(19)13(15(22-12)16(20)21)18-7-5-17(2)6-8-18;/h3-4,9H,5-8H2,1-2H3,(H,20,21);1H. The zero-order valence-electron chi connectivity index (χ0n) is 13.0. The van der Waals surface area contributed by atoms with Gasteiger partial charge in [-0.25, -0.2) is 4.79 Å². The number of carboxylic acids is 1. The lowest BCUT2D eigenvalue weighted by Gasteiger charge is -2.33. The number of fused-ring (bicyclic) bond motifs is 1. The van der Waals surface area contributed by atoms with Crippen molar-refractivity contribution >= 4 is 35.0 Å². The molecule has 2 aromatic rings. The first-order valence-corrected chi connectivity index (χ1v) is 7.21. The van der Waals surface area contributed by atoms with Gasteiger partial charge in [0.1, 0.15) is 11.3 Å². The Balaban J connectivity index is 0.00000192. The number of halogens is 1. The summed E-state index contributed by atoms with van der Waals surface area (Å²) in [5.74, 6) is -1.49. The van der Waals surface area contributed by atoms with Crippen LogP contribution in [0.3, 0.4) is 0 Å². The van der Waals surface area contributed by atoms with Crippen molar-refractivity contribution < 1.29 is 14.3 Å². The third-order valence-corrected chi connectivity index (χ3v) is 4.04. The first-order chi connectivity index (χ1) is 10.5. The lowest BCUT2D eigenvalue weighted by Crippen LogP contribution is -2.46. The highest BCUT2D eigenvalue weighted by molar-refractivity contribution is 5.95. The quantitative estimate of drug-likeness (QED) is 0.902. The van der Waals surface area contributed by atoms with Crippen LogP contribution in [-0.4, -0.2) is 49.2 Å². The maximum Gasteiger partial charge on any atom is 0.374 e. The molecule has 23 heavy (non-hydrogen) atoms. The van der Waals surface area contributed by atoms with Gasteiger partial charge in [-0.1, -0.05) is 11.6 Å². The molecule has 1 N–H and O–H groups in total. The van der Waals surface area contributed by atoms with E-state index in [1.165, 1.54) is 0 Å². The van der Waals surface area contributed by atoms with Crippen LogP contribution < -0.4 is 10.3 Å². The molecule has 0 amide bonds. The number of carboxylic acid groups (broad SMARTS) is 1. The lowest BCUT2D eigenvalue weighted by atomic mass is 10.1. The molecule has 1 aromatic heterocycles.